The van der Waals surface area contributed by atoms with E-state index >= 15 is 0 Å². The lowest BCUT2D eigenvalue weighted by atomic mass is 9.87. The van der Waals surface area contributed by atoms with Gasteiger partial charge in [-0.2, -0.15) is 10.4 Å². The van der Waals surface area contributed by atoms with Gasteiger partial charge in [0.05, 0.1) is 42.8 Å². The van der Waals surface area contributed by atoms with Crippen LogP contribution in [-0.2, 0) is 11.3 Å². The van der Waals surface area contributed by atoms with E-state index < -0.39 is 0 Å². The van der Waals surface area contributed by atoms with Crippen molar-refractivity contribution in [3.05, 3.63) is 66.2 Å². The molecule has 0 radical (unpaired) electrons. The third-order valence-electron chi connectivity index (χ3n) is 9.32. The van der Waals surface area contributed by atoms with Crippen LogP contribution in [0.25, 0.3) is 16.6 Å². The van der Waals surface area contributed by atoms with Crippen LogP contribution in [0.1, 0.15) is 24.0 Å². The van der Waals surface area contributed by atoms with Gasteiger partial charge in [-0.25, -0.2) is 14.5 Å². The second-order valence-electron chi connectivity index (χ2n) is 12.0. The Bertz CT molecular complexity index is 1640. The summed E-state index contributed by atoms with van der Waals surface area (Å²) < 4.78 is 18.9. The number of nitrogens with zero attached hydrogens (tertiary/aromatic N) is 8. The van der Waals surface area contributed by atoms with Crippen molar-refractivity contribution in [1.82, 2.24) is 29.4 Å². The molecular formula is C32H34N8O3. The Morgan fingerprint density at radius 1 is 1.00 bits per heavy atom. The van der Waals surface area contributed by atoms with Gasteiger partial charge in [0.25, 0.3) is 0 Å². The number of aromatic nitrogens is 4. The zero-order valence-electron chi connectivity index (χ0n) is 24.2. The normalized spacial score (nSPS) is 24.7. The van der Waals surface area contributed by atoms with Gasteiger partial charge < -0.3 is 19.1 Å². The van der Waals surface area contributed by atoms with Crippen molar-refractivity contribution < 1.29 is 14.2 Å². The molecule has 4 aromatic heterocycles. The largest absolute Gasteiger partial charge is 0.491 e. The number of rotatable bonds is 9. The lowest BCUT2D eigenvalue weighted by molar-refractivity contribution is -0.181. The van der Waals surface area contributed by atoms with Gasteiger partial charge >= 0.3 is 0 Å². The van der Waals surface area contributed by atoms with Gasteiger partial charge in [-0.15, -0.1) is 0 Å². The summed E-state index contributed by atoms with van der Waals surface area (Å²) >= 11 is 0. The molecule has 0 spiro atoms. The highest BCUT2D eigenvalue weighted by Gasteiger charge is 2.44. The Balaban J connectivity index is 0.957. The fourth-order valence-electron chi connectivity index (χ4n) is 7.09. The number of nitriles is 1. The summed E-state index contributed by atoms with van der Waals surface area (Å²) in [5.74, 6) is 2.34. The van der Waals surface area contributed by atoms with Gasteiger partial charge in [-0.1, -0.05) is 6.07 Å². The van der Waals surface area contributed by atoms with Crippen molar-refractivity contribution in [2.75, 3.05) is 51.3 Å². The average Bonchev–Trinajstić information content (AvgIpc) is 3.46. The molecule has 6 saturated heterocycles. The third kappa shape index (κ3) is 4.95. The van der Waals surface area contributed by atoms with Crippen molar-refractivity contribution in [2.24, 2.45) is 0 Å². The first-order valence-corrected chi connectivity index (χ1v) is 15.0. The molecule has 10 heterocycles. The van der Waals surface area contributed by atoms with Crippen LogP contribution in [0.3, 0.4) is 0 Å². The van der Waals surface area contributed by atoms with E-state index in [9.17, 15) is 5.26 Å². The fourth-order valence-corrected chi connectivity index (χ4v) is 7.09. The number of methoxy groups -OCH3 is 1. The molecule has 4 aromatic rings. The van der Waals surface area contributed by atoms with E-state index in [4.69, 9.17) is 19.2 Å². The first kappa shape index (κ1) is 26.4. The van der Waals surface area contributed by atoms with Gasteiger partial charge in [0, 0.05) is 87.4 Å². The molecule has 4 bridgehead atoms. The van der Waals surface area contributed by atoms with E-state index in [2.05, 4.69) is 49.1 Å². The summed E-state index contributed by atoms with van der Waals surface area (Å²) in [4.78, 5) is 16.6. The standard InChI is InChI=1S/C32H34N8O3/c1-41-31-5-2-21(12-35-31)15-39-24-8-25(39)17-38(16-24)30-4-3-22(13-34-30)29-10-26(20-40-32(29)23(11-33)14-36-40)42-7-6-37-18-27-9-28(19-37)43-27/h2-5,10,12-14,20,24-25,27-28H,6-9,15-19H2,1H3. The molecular weight excluding hydrogens is 544 g/mol. The van der Waals surface area contributed by atoms with Gasteiger partial charge in [-0.05, 0) is 30.2 Å². The molecule has 43 heavy (non-hydrogen) atoms. The molecule has 220 valence electrons. The van der Waals surface area contributed by atoms with Crippen molar-refractivity contribution in [3.8, 4) is 28.8 Å². The SMILES string of the molecule is COc1ccc(CN2C3CC2CN(c2ccc(-c4cc(OCCN5CC6CC(C5)O6)cn5ncc(C#N)c45)cn2)C3)cn1. The zero-order chi connectivity index (χ0) is 28.9. The molecule has 6 aliphatic rings. The van der Waals surface area contributed by atoms with Crippen LogP contribution in [0.2, 0.25) is 0 Å². The first-order chi connectivity index (χ1) is 21.1. The Hall–Kier alpha value is -4.24. The number of piperidine rings is 2. The van der Waals surface area contributed by atoms with E-state index in [1.807, 2.05) is 30.7 Å². The van der Waals surface area contributed by atoms with E-state index in [0.717, 1.165) is 67.5 Å². The average molecular weight is 579 g/mol. The van der Waals surface area contributed by atoms with E-state index in [-0.39, 0.29) is 0 Å². The van der Waals surface area contributed by atoms with Gasteiger partial charge in [0.1, 0.15) is 24.2 Å². The Labute approximate surface area is 250 Å². The van der Waals surface area contributed by atoms with E-state index in [0.29, 0.717) is 42.3 Å². The summed E-state index contributed by atoms with van der Waals surface area (Å²) in [6, 6.07) is 13.5. The number of morpholine rings is 1. The smallest absolute Gasteiger partial charge is 0.212 e. The molecule has 6 aliphatic heterocycles. The molecule has 4 atom stereocenters. The number of anilines is 1. The van der Waals surface area contributed by atoms with E-state index in [1.165, 1.54) is 18.4 Å². The molecule has 11 nitrogen and oxygen atoms in total. The minimum Gasteiger partial charge on any atom is -0.491 e. The van der Waals surface area contributed by atoms with Crippen molar-refractivity contribution >= 4 is 11.3 Å². The van der Waals surface area contributed by atoms with Crippen LogP contribution in [0.15, 0.2) is 55.1 Å². The third-order valence-corrected chi connectivity index (χ3v) is 9.32. The molecule has 10 rings (SSSR count). The lowest BCUT2D eigenvalue weighted by Gasteiger charge is -2.56. The predicted molar refractivity (Wildman–Crippen MR) is 159 cm³/mol. The van der Waals surface area contributed by atoms with E-state index in [1.54, 1.807) is 17.8 Å². The minimum atomic E-state index is 0.386. The number of ether oxygens (including phenoxy) is 3. The van der Waals surface area contributed by atoms with Crippen LogP contribution in [0.5, 0.6) is 11.6 Å². The maximum atomic E-state index is 9.77. The molecule has 0 N–H and O–H groups in total. The number of hydrogen-bond acceptors (Lipinski definition) is 10. The van der Waals surface area contributed by atoms with Gasteiger partial charge in [0.2, 0.25) is 5.88 Å². The molecule has 4 unspecified atom stereocenters. The molecule has 11 heteroatoms. The molecule has 6 fully saturated rings. The predicted octanol–water partition coefficient (Wildman–Crippen LogP) is 2.99. The van der Waals surface area contributed by atoms with Crippen molar-refractivity contribution in [1.29, 1.82) is 5.26 Å². The van der Waals surface area contributed by atoms with Crippen LogP contribution in [-0.4, -0.2) is 100 Å². The highest BCUT2D eigenvalue weighted by Crippen LogP contribution is 2.37. The number of piperazine rings is 1. The molecule has 0 aromatic carbocycles. The second kappa shape index (κ2) is 10.8. The van der Waals surface area contributed by atoms with Gasteiger partial charge in [0.15, 0.2) is 0 Å². The Morgan fingerprint density at radius 2 is 1.84 bits per heavy atom. The Morgan fingerprint density at radius 3 is 2.53 bits per heavy atom. The number of hydrogen-bond donors (Lipinski definition) is 0. The zero-order valence-corrected chi connectivity index (χ0v) is 24.2. The maximum Gasteiger partial charge on any atom is 0.212 e. The van der Waals surface area contributed by atoms with Crippen LogP contribution in [0.4, 0.5) is 5.82 Å². The highest BCUT2D eigenvalue weighted by molar-refractivity contribution is 5.85. The monoisotopic (exact) mass is 578 g/mol. The topological polar surface area (TPSA) is 104 Å². The van der Waals surface area contributed by atoms with Crippen LogP contribution < -0.4 is 14.4 Å². The van der Waals surface area contributed by atoms with Crippen molar-refractivity contribution in [2.45, 2.75) is 43.7 Å². The summed E-state index contributed by atoms with van der Waals surface area (Å²) in [6.45, 7) is 6.19. The number of fused-ring (bicyclic) bond motifs is 5. The van der Waals surface area contributed by atoms with Crippen molar-refractivity contribution in [3.63, 3.8) is 0 Å². The fraction of sp³-hybridized carbons (Fsp3) is 0.438. The quantitative estimate of drug-likeness (QED) is 0.294. The Kier molecular flexibility index (Phi) is 6.62. The van der Waals surface area contributed by atoms with Gasteiger partial charge in [-0.3, -0.25) is 9.80 Å². The maximum absolute atomic E-state index is 9.77. The van der Waals surface area contributed by atoms with Crippen LogP contribution in [0, 0.1) is 11.3 Å². The highest BCUT2D eigenvalue weighted by atomic mass is 16.5. The molecule has 0 saturated carbocycles. The molecule has 0 aliphatic carbocycles. The van der Waals surface area contributed by atoms with Crippen LogP contribution >= 0.6 is 0 Å². The summed E-state index contributed by atoms with van der Waals surface area (Å²) in [5.41, 5.74) is 4.32. The minimum absolute atomic E-state index is 0.386. The number of pyridine rings is 3. The summed E-state index contributed by atoms with van der Waals surface area (Å²) in [7, 11) is 1.64. The first-order valence-electron chi connectivity index (χ1n) is 15.0. The molecule has 0 amide bonds. The second-order valence-corrected chi connectivity index (χ2v) is 12.0. The summed E-state index contributed by atoms with van der Waals surface area (Å²) in [5, 5.41) is 14.2. The lowest BCUT2D eigenvalue weighted by Crippen LogP contribution is -2.68. The summed E-state index contributed by atoms with van der Waals surface area (Å²) in [6.07, 6.45) is 10.5.